The fourth-order valence-corrected chi connectivity index (χ4v) is 4.04. The summed E-state index contributed by atoms with van der Waals surface area (Å²) in [6, 6.07) is -0.109. The number of aromatic nitrogens is 2. The Bertz CT molecular complexity index is 575. The molecule has 1 aromatic heterocycles. The molecule has 8 heteroatoms. The highest BCUT2D eigenvalue weighted by Crippen LogP contribution is 2.28. The minimum Gasteiger partial charge on any atom is -0.394 e. The summed E-state index contributed by atoms with van der Waals surface area (Å²) < 4.78 is 23.0. The largest absolute Gasteiger partial charge is 0.394 e. The molecule has 0 amide bonds. The average molecular weight is 291 g/mol. The van der Waals surface area contributed by atoms with Crippen molar-refractivity contribution in [1.29, 1.82) is 0 Å². The Morgan fingerprint density at radius 3 is 2.67 bits per heavy atom. The maximum Gasteiger partial charge on any atom is 0.224 e. The highest BCUT2D eigenvalue weighted by molar-refractivity contribution is 7.91. The number of nitrogen functional groups attached to an aromatic ring is 1. The molecule has 1 saturated heterocycles. The van der Waals surface area contributed by atoms with Gasteiger partial charge in [-0.3, -0.25) is 0 Å². The topological polar surface area (TPSA) is 89.2 Å². The second kappa shape index (κ2) is 4.55. The molecule has 6 nitrogen and oxygen atoms in total. The average Bonchev–Trinajstić information content (AvgIpc) is 2.63. The Labute approximate surface area is 111 Å². The Kier molecular flexibility index (Phi) is 3.37. The number of halogens is 1. The number of anilines is 2. The van der Waals surface area contributed by atoms with Gasteiger partial charge in [-0.15, -0.1) is 0 Å². The summed E-state index contributed by atoms with van der Waals surface area (Å²) in [5.41, 5.74) is 6.94. The van der Waals surface area contributed by atoms with E-state index in [1.807, 2.05) is 0 Å². The molecule has 0 spiro atoms. The van der Waals surface area contributed by atoms with Crippen LogP contribution in [0, 0.1) is 6.92 Å². The quantitative estimate of drug-likeness (QED) is 0.804. The Morgan fingerprint density at radius 1 is 1.44 bits per heavy atom. The molecular formula is C10H15ClN4O2S. The highest BCUT2D eigenvalue weighted by Gasteiger charge is 2.32. The van der Waals surface area contributed by atoms with Crippen LogP contribution >= 0.6 is 11.6 Å². The van der Waals surface area contributed by atoms with Crippen molar-refractivity contribution in [3.8, 4) is 0 Å². The van der Waals surface area contributed by atoms with Crippen LogP contribution in [0.15, 0.2) is 0 Å². The first kappa shape index (κ1) is 13.4. The fraction of sp³-hybridized carbons (Fsp3) is 0.600. The molecule has 0 radical (unpaired) electrons. The molecule has 1 unspecified atom stereocenters. The van der Waals surface area contributed by atoms with Crippen molar-refractivity contribution < 1.29 is 8.42 Å². The Morgan fingerprint density at radius 2 is 2.11 bits per heavy atom. The highest BCUT2D eigenvalue weighted by atomic mass is 35.5. The maximum absolute atomic E-state index is 11.5. The fourth-order valence-electron chi connectivity index (χ4n) is 2.06. The Hall–Kier alpha value is -1.08. The number of rotatable bonds is 2. The number of sulfone groups is 1. The van der Waals surface area contributed by atoms with Crippen LogP contribution in [0.3, 0.4) is 0 Å². The molecule has 0 aromatic carbocycles. The van der Waals surface area contributed by atoms with E-state index in [1.165, 1.54) is 0 Å². The summed E-state index contributed by atoms with van der Waals surface area (Å²) in [4.78, 5) is 9.82. The van der Waals surface area contributed by atoms with Gasteiger partial charge in [-0.1, -0.05) is 0 Å². The third kappa shape index (κ3) is 2.51. The molecule has 0 aliphatic carbocycles. The number of nitrogens with zero attached hydrogens (tertiary/aromatic N) is 3. The molecular weight excluding hydrogens is 276 g/mol. The van der Waals surface area contributed by atoms with E-state index < -0.39 is 9.84 Å². The first-order valence-electron chi connectivity index (χ1n) is 5.53. The van der Waals surface area contributed by atoms with E-state index >= 15 is 0 Å². The van der Waals surface area contributed by atoms with Gasteiger partial charge >= 0.3 is 0 Å². The van der Waals surface area contributed by atoms with Gasteiger partial charge in [-0.05, 0) is 24.9 Å². The summed E-state index contributed by atoms with van der Waals surface area (Å²) in [5.74, 6) is 0.832. The lowest BCUT2D eigenvalue weighted by Crippen LogP contribution is -2.34. The lowest BCUT2D eigenvalue weighted by Gasteiger charge is -2.26. The summed E-state index contributed by atoms with van der Waals surface area (Å²) >= 11 is 5.81. The molecule has 1 aromatic rings. The van der Waals surface area contributed by atoms with E-state index in [9.17, 15) is 8.42 Å². The van der Waals surface area contributed by atoms with Gasteiger partial charge in [-0.2, -0.15) is 4.98 Å². The molecule has 1 fully saturated rings. The van der Waals surface area contributed by atoms with Gasteiger partial charge in [0.1, 0.15) is 0 Å². The van der Waals surface area contributed by atoms with Crippen molar-refractivity contribution in [3.05, 3.63) is 11.0 Å². The molecule has 0 saturated carbocycles. The van der Waals surface area contributed by atoms with Gasteiger partial charge < -0.3 is 10.6 Å². The number of hydrogen-bond donors (Lipinski definition) is 1. The molecule has 100 valence electrons. The van der Waals surface area contributed by atoms with Crippen LogP contribution in [-0.2, 0) is 9.84 Å². The summed E-state index contributed by atoms with van der Waals surface area (Å²) in [5, 5.41) is 0.115. The van der Waals surface area contributed by atoms with Crippen LogP contribution in [-0.4, -0.2) is 43.0 Å². The molecule has 1 aliphatic rings. The van der Waals surface area contributed by atoms with Crippen LogP contribution < -0.4 is 10.6 Å². The number of hydrogen-bond acceptors (Lipinski definition) is 6. The third-order valence-electron chi connectivity index (χ3n) is 3.18. The van der Waals surface area contributed by atoms with Gasteiger partial charge in [0.2, 0.25) is 5.28 Å². The van der Waals surface area contributed by atoms with Gasteiger partial charge in [0.15, 0.2) is 15.7 Å². The second-order valence-corrected chi connectivity index (χ2v) is 7.05. The molecule has 2 N–H and O–H groups in total. The van der Waals surface area contributed by atoms with Crippen molar-refractivity contribution in [1.82, 2.24) is 9.97 Å². The van der Waals surface area contributed by atoms with Crippen molar-refractivity contribution in [2.24, 2.45) is 0 Å². The van der Waals surface area contributed by atoms with Crippen LogP contribution in [0.1, 0.15) is 12.1 Å². The molecule has 0 bridgehead atoms. The molecule has 2 rings (SSSR count). The lowest BCUT2D eigenvalue weighted by molar-refractivity contribution is 0.600. The molecule has 2 heterocycles. The normalized spacial score (nSPS) is 22.1. The summed E-state index contributed by atoms with van der Waals surface area (Å²) in [7, 11) is -1.16. The zero-order valence-electron chi connectivity index (χ0n) is 10.2. The maximum atomic E-state index is 11.5. The van der Waals surface area contributed by atoms with E-state index in [2.05, 4.69) is 9.97 Å². The van der Waals surface area contributed by atoms with Gasteiger partial charge in [0, 0.05) is 13.1 Å². The summed E-state index contributed by atoms with van der Waals surface area (Å²) in [6.45, 7) is 1.74. The summed E-state index contributed by atoms with van der Waals surface area (Å²) in [6.07, 6.45) is 0.582. The Balaban J connectivity index is 2.32. The smallest absolute Gasteiger partial charge is 0.224 e. The van der Waals surface area contributed by atoms with Crippen LogP contribution in [0.25, 0.3) is 0 Å². The van der Waals surface area contributed by atoms with E-state index in [-0.39, 0.29) is 22.8 Å². The SMILES string of the molecule is Cc1nc(Cl)nc(N(C)C2CCS(=O)(=O)C2)c1N. The molecule has 1 atom stereocenters. The first-order chi connectivity index (χ1) is 8.30. The van der Waals surface area contributed by atoms with Crippen LogP contribution in [0.2, 0.25) is 5.28 Å². The van der Waals surface area contributed by atoms with Crippen molar-refractivity contribution in [2.75, 3.05) is 29.2 Å². The minimum atomic E-state index is -2.94. The van der Waals surface area contributed by atoms with Gasteiger partial charge in [0.25, 0.3) is 0 Å². The monoisotopic (exact) mass is 290 g/mol. The van der Waals surface area contributed by atoms with Gasteiger partial charge in [0.05, 0.1) is 22.9 Å². The number of aryl methyl sites for hydroxylation is 1. The van der Waals surface area contributed by atoms with Gasteiger partial charge in [-0.25, -0.2) is 13.4 Å². The predicted molar refractivity (Wildman–Crippen MR) is 71.7 cm³/mol. The zero-order chi connectivity index (χ0) is 13.5. The van der Waals surface area contributed by atoms with E-state index in [4.69, 9.17) is 17.3 Å². The van der Waals surface area contributed by atoms with Crippen molar-refractivity contribution in [2.45, 2.75) is 19.4 Å². The number of nitrogens with two attached hydrogens (primary N) is 1. The van der Waals surface area contributed by atoms with Crippen LogP contribution in [0.5, 0.6) is 0 Å². The minimum absolute atomic E-state index is 0.109. The lowest BCUT2D eigenvalue weighted by atomic mass is 10.2. The van der Waals surface area contributed by atoms with Crippen LogP contribution in [0.4, 0.5) is 11.5 Å². The molecule has 1 aliphatic heterocycles. The van der Waals surface area contributed by atoms with Crippen molar-refractivity contribution >= 4 is 32.9 Å². The van der Waals surface area contributed by atoms with E-state index in [0.29, 0.717) is 23.6 Å². The van der Waals surface area contributed by atoms with Crippen molar-refractivity contribution in [3.63, 3.8) is 0 Å². The second-order valence-electron chi connectivity index (χ2n) is 4.48. The molecule has 18 heavy (non-hydrogen) atoms. The zero-order valence-corrected chi connectivity index (χ0v) is 11.8. The first-order valence-corrected chi connectivity index (χ1v) is 7.73. The van der Waals surface area contributed by atoms with E-state index in [0.717, 1.165) is 0 Å². The third-order valence-corrected chi connectivity index (χ3v) is 5.10. The van der Waals surface area contributed by atoms with E-state index in [1.54, 1.807) is 18.9 Å². The standard InChI is InChI=1S/C10H15ClN4O2S/c1-6-8(12)9(14-10(11)13-6)15(2)7-3-4-18(16,17)5-7/h7H,3-5,12H2,1-2H3. The predicted octanol–water partition coefficient (Wildman–Crippen LogP) is 0.644.